The third-order valence-corrected chi connectivity index (χ3v) is 4.07. The molecule has 1 atom stereocenters. The number of hydrogen-bond acceptors (Lipinski definition) is 3. The predicted octanol–water partition coefficient (Wildman–Crippen LogP) is 3.70. The maximum Gasteiger partial charge on any atom is 0.144 e. The molecule has 1 heterocycles. The Bertz CT molecular complexity index is 455. The summed E-state index contributed by atoms with van der Waals surface area (Å²) in [4.78, 5) is 4.02. The van der Waals surface area contributed by atoms with E-state index in [4.69, 9.17) is 11.6 Å². The van der Waals surface area contributed by atoms with E-state index in [1.165, 1.54) is 0 Å². The molecule has 0 aromatic carbocycles. The molecule has 0 N–H and O–H groups in total. The molecule has 0 unspecified atom stereocenters. The van der Waals surface area contributed by atoms with E-state index in [1.54, 1.807) is 12.3 Å². The molecule has 0 radical (unpaired) electrons. The third-order valence-electron chi connectivity index (χ3n) is 2.43. The van der Waals surface area contributed by atoms with Crippen LogP contribution in [0.5, 0.6) is 0 Å². The van der Waals surface area contributed by atoms with Gasteiger partial charge in [-0.3, -0.25) is 0 Å². The Morgan fingerprint density at radius 3 is 2.61 bits per heavy atom. The topological polar surface area (TPSA) is 48.3 Å². The fraction of sp³-hybridized carbons (Fsp3) is 0.538. The van der Waals surface area contributed by atoms with E-state index in [9.17, 15) is 4.55 Å². The fourth-order valence-corrected chi connectivity index (χ4v) is 2.21. The van der Waals surface area contributed by atoms with E-state index in [0.29, 0.717) is 11.6 Å². The molecule has 0 bridgehead atoms. The maximum absolute atomic E-state index is 12.1. The molecule has 0 spiro atoms. The summed E-state index contributed by atoms with van der Waals surface area (Å²) < 4.78 is 16.1. The quantitative estimate of drug-likeness (QED) is 0.483. The molecule has 0 fully saturated rings. The van der Waals surface area contributed by atoms with Gasteiger partial charge >= 0.3 is 0 Å². The van der Waals surface area contributed by atoms with Gasteiger partial charge in [-0.1, -0.05) is 22.9 Å². The van der Waals surface area contributed by atoms with Gasteiger partial charge in [0.25, 0.3) is 0 Å². The fourth-order valence-electron chi connectivity index (χ4n) is 1.35. The lowest BCUT2D eigenvalue weighted by atomic mass is 10.1. The normalized spacial score (nSPS) is 14.7. The van der Waals surface area contributed by atoms with Crippen LogP contribution in [0.4, 0.5) is 0 Å². The monoisotopic (exact) mass is 286 g/mol. The number of hydrogen-bond donors (Lipinski definition) is 0. The van der Waals surface area contributed by atoms with Crippen molar-refractivity contribution in [3.63, 3.8) is 0 Å². The first-order valence-corrected chi connectivity index (χ1v) is 7.36. The van der Waals surface area contributed by atoms with Crippen molar-refractivity contribution in [2.24, 2.45) is 4.40 Å². The summed E-state index contributed by atoms with van der Waals surface area (Å²) in [5, 5.41) is 0.429. The second-order valence-corrected chi connectivity index (χ2v) is 7.37. The predicted molar refractivity (Wildman–Crippen MR) is 78.7 cm³/mol. The van der Waals surface area contributed by atoms with E-state index in [-0.39, 0.29) is 4.75 Å². The van der Waals surface area contributed by atoms with Gasteiger partial charge in [0, 0.05) is 11.8 Å². The summed E-state index contributed by atoms with van der Waals surface area (Å²) in [6, 6.07) is 1.78. The van der Waals surface area contributed by atoms with Crippen molar-refractivity contribution >= 4 is 28.7 Å². The molecule has 0 aliphatic rings. The Morgan fingerprint density at radius 1 is 1.50 bits per heavy atom. The van der Waals surface area contributed by atoms with Crippen LogP contribution in [-0.2, 0) is 11.4 Å². The van der Waals surface area contributed by atoms with E-state index < -0.39 is 11.4 Å². The molecule has 5 heteroatoms. The van der Waals surface area contributed by atoms with Crippen LogP contribution in [0.1, 0.15) is 45.2 Å². The summed E-state index contributed by atoms with van der Waals surface area (Å²) in [5.41, 5.74) is 2.73. The summed E-state index contributed by atoms with van der Waals surface area (Å²) in [6.45, 7) is 9.67. The Kier molecular flexibility index (Phi) is 5.20. The average Bonchev–Trinajstić information content (AvgIpc) is 2.28. The summed E-state index contributed by atoms with van der Waals surface area (Å²) in [5.74, 6) is 0. The van der Waals surface area contributed by atoms with Gasteiger partial charge in [-0.05, 0) is 45.7 Å². The molecule has 0 aliphatic carbocycles. The Labute approximate surface area is 117 Å². The highest BCUT2D eigenvalue weighted by Gasteiger charge is 2.27. The van der Waals surface area contributed by atoms with Crippen LogP contribution >= 0.6 is 11.6 Å². The van der Waals surface area contributed by atoms with Gasteiger partial charge in [0.1, 0.15) is 21.3 Å². The van der Waals surface area contributed by atoms with Gasteiger partial charge in [-0.25, -0.2) is 4.98 Å². The summed E-state index contributed by atoms with van der Waals surface area (Å²) >= 11 is 4.64. The number of rotatable bonds is 3. The van der Waals surface area contributed by atoms with Crippen LogP contribution < -0.4 is 0 Å². The molecule has 0 saturated heterocycles. The number of halogens is 1. The molecule has 1 aromatic heterocycles. The van der Waals surface area contributed by atoms with Gasteiger partial charge in [0.2, 0.25) is 0 Å². The average molecular weight is 287 g/mol. The van der Waals surface area contributed by atoms with Crippen molar-refractivity contribution in [3.05, 3.63) is 28.5 Å². The minimum absolute atomic E-state index is 0.356. The zero-order valence-corrected chi connectivity index (χ0v) is 13.0. The summed E-state index contributed by atoms with van der Waals surface area (Å²) in [6.07, 6.45) is 2.42. The lowest BCUT2D eigenvalue weighted by Gasteiger charge is -2.19. The number of aromatic nitrogens is 1. The first kappa shape index (κ1) is 15.5. The first-order valence-electron chi connectivity index (χ1n) is 5.87. The van der Waals surface area contributed by atoms with Gasteiger partial charge in [0.15, 0.2) is 0 Å². The van der Waals surface area contributed by atoms with Crippen molar-refractivity contribution in [1.29, 1.82) is 0 Å². The largest absolute Gasteiger partial charge is 0.591 e. The van der Waals surface area contributed by atoms with E-state index in [2.05, 4.69) is 9.38 Å². The second kappa shape index (κ2) is 6.04. The van der Waals surface area contributed by atoms with Crippen LogP contribution in [0, 0.1) is 6.92 Å². The van der Waals surface area contributed by atoms with Crippen molar-refractivity contribution in [2.75, 3.05) is 0 Å². The smallest absolute Gasteiger partial charge is 0.144 e. The van der Waals surface area contributed by atoms with Crippen molar-refractivity contribution in [1.82, 2.24) is 4.98 Å². The van der Waals surface area contributed by atoms with Crippen LogP contribution in [0.25, 0.3) is 0 Å². The van der Waals surface area contributed by atoms with Gasteiger partial charge in [-0.15, -0.1) is 0 Å². The SMILES string of the molecule is CC/C(=N\[S@+]([O-])C(C)(C)C)c1cc(Cl)ncc1C. The van der Waals surface area contributed by atoms with Crippen molar-refractivity contribution < 1.29 is 4.55 Å². The second-order valence-electron chi connectivity index (χ2n) is 5.08. The zero-order valence-electron chi connectivity index (χ0n) is 11.5. The van der Waals surface area contributed by atoms with Crippen molar-refractivity contribution in [2.45, 2.75) is 45.8 Å². The highest BCUT2D eigenvalue weighted by molar-refractivity contribution is 7.91. The zero-order chi connectivity index (χ0) is 13.9. The maximum atomic E-state index is 12.1. The van der Waals surface area contributed by atoms with Gasteiger partial charge < -0.3 is 4.55 Å². The lowest BCUT2D eigenvalue weighted by molar-refractivity contribution is 0.561. The molecule has 1 aromatic rings. The van der Waals surface area contributed by atoms with Gasteiger partial charge in [-0.2, -0.15) is 0 Å². The molecule has 1 rings (SSSR count). The molecular formula is C13H19ClN2OS. The number of nitrogens with zero attached hydrogens (tertiary/aromatic N) is 2. The lowest BCUT2D eigenvalue weighted by Crippen LogP contribution is -2.27. The first-order chi connectivity index (χ1) is 8.25. The van der Waals surface area contributed by atoms with Gasteiger partial charge in [0.05, 0.1) is 5.71 Å². The highest BCUT2D eigenvalue weighted by Crippen LogP contribution is 2.21. The Hall–Kier alpha value is -0.580. The molecule has 0 amide bonds. The number of pyridine rings is 1. The van der Waals surface area contributed by atoms with E-state index in [1.807, 2.05) is 34.6 Å². The minimum atomic E-state index is -1.26. The van der Waals surface area contributed by atoms with Crippen LogP contribution in [0.3, 0.4) is 0 Å². The molecule has 18 heavy (non-hydrogen) atoms. The van der Waals surface area contributed by atoms with E-state index >= 15 is 0 Å². The minimum Gasteiger partial charge on any atom is -0.591 e. The van der Waals surface area contributed by atoms with E-state index in [0.717, 1.165) is 16.8 Å². The van der Waals surface area contributed by atoms with Crippen LogP contribution in [0.15, 0.2) is 16.7 Å². The Morgan fingerprint density at radius 2 is 2.11 bits per heavy atom. The van der Waals surface area contributed by atoms with Crippen LogP contribution in [-0.4, -0.2) is 20.0 Å². The molecule has 3 nitrogen and oxygen atoms in total. The van der Waals surface area contributed by atoms with Crippen LogP contribution in [0.2, 0.25) is 5.15 Å². The molecule has 0 saturated carbocycles. The third kappa shape index (κ3) is 3.97. The summed E-state index contributed by atoms with van der Waals surface area (Å²) in [7, 11) is 0. The molecule has 0 aliphatic heterocycles. The highest BCUT2D eigenvalue weighted by atomic mass is 35.5. The van der Waals surface area contributed by atoms with Crippen molar-refractivity contribution in [3.8, 4) is 0 Å². The number of aryl methyl sites for hydroxylation is 1. The standard InChI is InChI=1S/C13H19ClN2OS/c1-6-11(16-18(17)13(3,4)5)10-7-12(14)15-8-9(10)2/h7-8H,6H2,1-5H3/b16-11+/t18-/m1/s1. The molecule has 100 valence electrons. The molecular weight excluding hydrogens is 268 g/mol. The Balaban J connectivity index is 3.17.